The number of hydrogen-bond donors (Lipinski definition) is 2. The van der Waals surface area contributed by atoms with Crippen molar-refractivity contribution in [3.63, 3.8) is 0 Å². The highest BCUT2D eigenvalue weighted by Gasteiger charge is 2.31. The zero-order valence-electron chi connectivity index (χ0n) is 11.4. The molecule has 2 aromatic carbocycles. The van der Waals surface area contributed by atoms with Crippen LogP contribution in [0.25, 0.3) is 0 Å². The molecular weight excluding hydrogens is 272 g/mol. The SMILES string of the molecule is COc1cc(O)cc2c1C(=O)C[C@@H](c1ccc(O)cc1)O2. The standard InChI is InChI=1S/C16H14O5/c1-20-14-6-11(18)7-15-16(14)12(19)8-13(21-15)9-2-4-10(17)5-3-9/h2-7,13,17-18H,8H2,1H3/t13-/m0/s1. The predicted molar refractivity (Wildman–Crippen MR) is 75.1 cm³/mol. The van der Waals surface area contributed by atoms with Crippen molar-refractivity contribution in [3.05, 3.63) is 47.5 Å². The van der Waals surface area contributed by atoms with Crippen LogP contribution < -0.4 is 9.47 Å². The molecule has 2 N–H and O–H groups in total. The van der Waals surface area contributed by atoms with Crippen molar-refractivity contribution >= 4 is 5.78 Å². The van der Waals surface area contributed by atoms with Crippen molar-refractivity contribution in [3.8, 4) is 23.0 Å². The lowest BCUT2D eigenvalue weighted by Crippen LogP contribution is -2.21. The highest BCUT2D eigenvalue weighted by Crippen LogP contribution is 2.42. The van der Waals surface area contributed by atoms with Crippen LogP contribution in [0.5, 0.6) is 23.0 Å². The molecule has 5 nitrogen and oxygen atoms in total. The number of carbonyl (C=O) groups is 1. The number of phenolic OH excluding ortho intramolecular Hbond substituents is 2. The third-order valence-electron chi connectivity index (χ3n) is 3.45. The number of fused-ring (bicyclic) bond motifs is 1. The summed E-state index contributed by atoms with van der Waals surface area (Å²) in [5.74, 6) is 0.636. The second-order valence-electron chi connectivity index (χ2n) is 4.85. The van der Waals surface area contributed by atoms with Crippen LogP contribution >= 0.6 is 0 Å². The van der Waals surface area contributed by atoms with Gasteiger partial charge in [-0.3, -0.25) is 4.79 Å². The molecule has 1 aliphatic rings. The molecule has 5 heteroatoms. The lowest BCUT2D eigenvalue weighted by Gasteiger charge is -2.26. The molecule has 0 spiro atoms. The van der Waals surface area contributed by atoms with Crippen LogP contribution in [0.4, 0.5) is 0 Å². The third-order valence-corrected chi connectivity index (χ3v) is 3.45. The van der Waals surface area contributed by atoms with Crippen LogP contribution in [-0.2, 0) is 0 Å². The minimum absolute atomic E-state index is 0.0234. The van der Waals surface area contributed by atoms with Gasteiger partial charge in [-0.2, -0.15) is 0 Å². The number of methoxy groups -OCH3 is 1. The minimum Gasteiger partial charge on any atom is -0.508 e. The van der Waals surface area contributed by atoms with Crippen molar-refractivity contribution < 1.29 is 24.5 Å². The fraction of sp³-hybridized carbons (Fsp3) is 0.188. The fourth-order valence-electron chi connectivity index (χ4n) is 2.45. The number of benzene rings is 2. The maximum Gasteiger partial charge on any atom is 0.174 e. The summed E-state index contributed by atoms with van der Waals surface area (Å²) in [6, 6.07) is 9.30. The van der Waals surface area contributed by atoms with Gasteiger partial charge in [0, 0.05) is 12.1 Å². The lowest BCUT2D eigenvalue weighted by molar-refractivity contribution is 0.0844. The lowest BCUT2D eigenvalue weighted by atomic mass is 9.95. The predicted octanol–water partition coefficient (Wildman–Crippen LogP) is 2.81. The van der Waals surface area contributed by atoms with Gasteiger partial charge in [0.25, 0.3) is 0 Å². The van der Waals surface area contributed by atoms with Gasteiger partial charge in [0.15, 0.2) is 5.78 Å². The molecule has 0 unspecified atom stereocenters. The molecule has 1 atom stereocenters. The van der Waals surface area contributed by atoms with E-state index in [-0.39, 0.29) is 23.7 Å². The summed E-state index contributed by atoms with van der Waals surface area (Å²) in [6.07, 6.45) is -0.268. The van der Waals surface area contributed by atoms with Crippen LogP contribution in [0, 0.1) is 0 Å². The Kier molecular flexibility index (Phi) is 3.17. The average molecular weight is 286 g/mol. The fourth-order valence-corrected chi connectivity index (χ4v) is 2.45. The molecule has 0 amide bonds. The molecule has 0 fully saturated rings. The van der Waals surface area contributed by atoms with Crippen molar-refractivity contribution in [1.29, 1.82) is 0 Å². The smallest absolute Gasteiger partial charge is 0.174 e. The number of rotatable bonds is 2. The summed E-state index contributed by atoms with van der Waals surface area (Å²) in [7, 11) is 1.44. The molecule has 2 aromatic rings. The molecule has 3 rings (SSSR count). The van der Waals surface area contributed by atoms with E-state index < -0.39 is 6.10 Å². The van der Waals surface area contributed by atoms with Gasteiger partial charge in [-0.15, -0.1) is 0 Å². The van der Waals surface area contributed by atoms with Gasteiger partial charge in [-0.1, -0.05) is 12.1 Å². The Morgan fingerprint density at radius 3 is 2.52 bits per heavy atom. The number of ketones is 1. The Morgan fingerprint density at radius 1 is 1.14 bits per heavy atom. The first kappa shape index (κ1) is 13.3. The van der Waals surface area contributed by atoms with Crippen LogP contribution in [0.2, 0.25) is 0 Å². The van der Waals surface area contributed by atoms with E-state index in [0.29, 0.717) is 17.1 Å². The van der Waals surface area contributed by atoms with Crippen molar-refractivity contribution in [1.82, 2.24) is 0 Å². The summed E-state index contributed by atoms with van der Waals surface area (Å²) >= 11 is 0. The van der Waals surface area contributed by atoms with Gasteiger partial charge < -0.3 is 19.7 Å². The Hall–Kier alpha value is -2.69. The van der Waals surface area contributed by atoms with Gasteiger partial charge in [-0.25, -0.2) is 0 Å². The highest BCUT2D eigenvalue weighted by molar-refractivity contribution is 6.02. The summed E-state index contributed by atoms with van der Waals surface area (Å²) in [4.78, 5) is 12.3. The molecule has 0 radical (unpaired) electrons. The number of aromatic hydroxyl groups is 2. The monoisotopic (exact) mass is 286 g/mol. The first-order valence-electron chi connectivity index (χ1n) is 6.48. The van der Waals surface area contributed by atoms with E-state index >= 15 is 0 Å². The van der Waals surface area contributed by atoms with Gasteiger partial charge in [-0.05, 0) is 17.7 Å². The van der Waals surface area contributed by atoms with E-state index in [1.165, 1.54) is 19.2 Å². The molecule has 108 valence electrons. The Balaban J connectivity index is 2.00. The number of carbonyl (C=O) groups excluding carboxylic acids is 1. The Bertz CT molecular complexity index is 691. The number of ether oxygens (including phenoxy) is 2. The normalized spacial score (nSPS) is 17.0. The van der Waals surface area contributed by atoms with E-state index in [1.807, 2.05) is 0 Å². The summed E-state index contributed by atoms with van der Waals surface area (Å²) in [5, 5.41) is 19.0. The molecule has 0 saturated carbocycles. The third kappa shape index (κ3) is 2.38. The maximum atomic E-state index is 12.3. The molecule has 0 aromatic heterocycles. The molecule has 0 bridgehead atoms. The van der Waals surface area contributed by atoms with Crippen molar-refractivity contribution in [2.24, 2.45) is 0 Å². The number of phenols is 2. The second kappa shape index (κ2) is 5.01. The molecule has 0 aliphatic carbocycles. The van der Waals surface area contributed by atoms with E-state index in [2.05, 4.69) is 0 Å². The van der Waals surface area contributed by atoms with Gasteiger partial charge in [0.05, 0.1) is 13.5 Å². The summed E-state index contributed by atoms with van der Waals surface area (Å²) < 4.78 is 10.9. The van der Waals surface area contributed by atoms with E-state index in [4.69, 9.17) is 9.47 Å². The molecule has 1 heterocycles. The van der Waals surface area contributed by atoms with E-state index in [0.717, 1.165) is 5.56 Å². The number of Topliss-reactive ketones (excluding diaryl/α,β-unsaturated/α-hetero) is 1. The summed E-state index contributed by atoms with van der Waals surface area (Å²) in [6.45, 7) is 0. The zero-order valence-corrected chi connectivity index (χ0v) is 11.4. The Labute approximate surface area is 121 Å². The zero-order chi connectivity index (χ0) is 15.0. The van der Waals surface area contributed by atoms with E-state index in [9.17, 15) is 15.0 Å². The highest BCUT2D eigenvalue weighted by atomic mass is 16.5. The van der Waals surface area contributed by atoms with Crippen LogP contribution in [0.15, 0.2) is 36.4 Å². The number of hydrogen-bond acceptors (Lipinski definition) is 5. The first-order valence-corrected chi connectivity index (χ1v) is 6.48. The largest absolute Gasteiger partial charge is 0.508 e. The second-order valence-corrected chi connectivity index (χ2v) is 4.85. The maximum absolute atomic E-state index is 12.3. The van der Waals surface area contributed by atoms with Crippen molar-refractivity contribution in [2.75, 3.05) is 7.11 Å². The van der Waals surface area contributed by atoms with Crippen LogP contribution in [0.3, 0.4) is 0 Å². The molecule has 1 aliphatic heterocycles. The average Bonchev–Trinajstić information content (AvgIpc) is 2.46. The first-order chi connectivity index (χ1) is 10.1. The van der Waals surface area contributed by atoms with E-state index in [1.54, 1.807) is 24.3 Å². The van der Waals surface area contributed by atoms with Gasteiger partial charge in [0.1, 0.15) is 34.7 Å². The summed E-state index contributed by atoms with van der Waals surface area (Å²) in [5.41, 5.74) is 1.14. The van der Waals surface area contributed by atoms with Gasteiger partial charge >= 0.3 is 0 Å². The van der Waals surface area contributed by atoms with Crippen LogP contribution in [0.1, 0.15) is 28.4 Å². The quantitative estimate of drug-likeness (QED) is 0.887. The molecule has 0 saturated heterocycles. The van der Waals surface area contributed by atoms with Crippen molar-refractivity contribution in [2.45, 2.75) is 12.5 Å². The molecular formula is C16H14O5. The topological polar surface area (TPSA) is 76.0 Å². The van der Waals surface area contributed by atoms with Crippen LogP contribution in [-0.4, -0.2) is 23.1 Å². The minimum atomic E-state index is -0.447. The van der Waals surface area contributed by atoms with Gasteiger partial charge in [0.2, 0.25) is 0 Å². The molecule has 21 heavy (non-hydrogen) atoms. The Morgan fingerprint density at radius 2 is 1.86 bits per heavy atom.